The Hall–Kier alpha value is -2.52. The number of hydrogen-bond acceptors (Lipinski definition) is 5. The molecule has 0 atom stereocenters. The van der Waals surface area contributed by atoms with Crippen LogP contribution in [0.2, 0.25) is 0 Å². The molecule has 2 rings (SSSR count). The van der Waals surface area contributed by atoms with Crippen LogP contribution in [0.15, 0.2) is 40.9 Å². The Labute approximate surface area is 189 Å². The maximum absolute atomic E-state index is 12.8. The fourth-order valence-electron chi connectivity index (χ4n) is 2.74. The number of anilines is 1. The number of aryl methyl sites for hydroxylation is 1. The number of nitro groups is 1. The van der Waals surface area contributed by atoms with Crippen LogP contribution in [0, 0.1) is 17.0 Å². The lowest BCUT2D eigenvalue weighted by Crippen LogP contribution is -2.34. The van der Waals surface area contributed by atoms with Gasteiger partial charge in [0, 0.05) is 22.3 Å². The lowest BCUT2D eigenvalue weighted by Gasteiger charge is -2.14. The second-order valence-corrected chi connectivity index (χ2v) is 8.04. The summed E-state index contributed by atoms with van der Waals surface area (Å²) in [4.78, 5) is 23.2. The van der Waals surface area contributed by atoms with Crippen molar-refractivity contribution in [3.63, 3.8) is 0 Å². The highest BCUT2D eigenvalue weighted by atomic mass is 79.9. The van der Waals surface area contributed by atoms with Crippen molar-refractivity contribution < 1.29 is 14.5 Å². The van der Waals surface area contributed by atoms with Crippen LogP contribution in [0.25, 0.3) is 0 Å². The first kappa shape index (κ1) is 23.8. The molecule has 30 heavy (non-hydrogen) atoms. The Morgan fingerprint density at radius 1 is 1.20 bits per heavy atom. The summed E-state index contributed by atoms with van der Waals surface area (Å²) in [5, 5.41) is 16.5. The van der Waals surface area contributed by atoms with E-state index in [4.69, 9.17) is 17.0 Å². The van der Waals surface area contributed by atoms with Crippen LogP contribution in [0.4, 0.5) is 11.4 Å². The van der Waals surface area contributed by atoms with Crippen LogP contribution >= 0.6 is 28.1 Å². The second kappa shape index (κ2) is 11.6. The Morgan fingerprint density at radius 3 is 2.63 bits per heavy atom. The number of carbonyl (C=O) groups excluding carboxylic acids is 1. The third-order valence-electron chi connectivity index (χ3n) is 4.34. The van der Waals surface area contributed by atoms with Gasteiger partial charge in [-0.2, -0.15) is 0 Å². The fraction of sp³-hybridized carbons (Fsp3) is 0.333. The molecule has 0 heterocycles. The van der Waals surface area contributed by atoms with Crippen molar-refractivity contribution in [2.75, 3.05) is 11.9 Å². The van der Waals surface area contributed by atoms with Crippen LogP contribution in [0.1, 0.15) is 48.5 Å². The zero-order valence-corrected chi connectivity index (χ0v) is 19.3. The first-order chi connectivity index (χ1) is 14.3. The van der Waals surface area contributed by atoms with E-state index in [1.54, 1.807) is 25.1 Å². The van der Waals surface area contributed by atoms with Crippen molar-refractivity contribution in [3.8, 4) is 5.75 Å². The summed E-state index contributed by atoms with van der Waals surface area (Å²) in [5.41, 5.74) is 1.57. The topological polar surface area (TPSA) is 93.5 Å². The summed E-state index contributed by atoms with van der Waals surface area (Å²) in [7, 11) is 0. The molecule has 0 aliphatic carbocycles. The van der Waals surface area contributed by atoms with Gasteiger partial charge in [-0.15, -0.1) is 0 Å². The molecule has 1 amide bonds. The van der Waals surface area contributed by atoms with Gasteiger partial charge < -0.3 is 10.1 Å². The number of unbranched alkanes of at least 4 members (excludes halogenated alkanes) is 3. The number of hydrogen-bond donors (Lipinski definition) is 2. The number of nitrogens with one attached hydrogen (secondary N) is 2. The van der Waals surface area contributed by atoms with Gasteiger partial charge in [0.25, 0.3) is 11.6 Å². The molecule has 2 aromatic rings. The summed E-state index contributed by atoms with van der Waals surface area (Å²) in [6.07, 6.45) is 4.30. The van der Waals surface area contributed by atoms with Crippen molar-refractivity contribution in [2.45, 2.75) is 39.5 Å². The van der Waals surface area contributed by atoms with E-state index in [-0.39, 0.29) is 10.8 Å². The van der Waals surface area contributed by atoms with Gasteiger partial charge in [0.2, 0.25) is 0 Å². The molecule has 9 heteroatoms. The van der Waals surface area contributed by atoms with E-state index < -0.39 is 10.8 Å². The molecule has 0 radical (unpaired) electrons. The Bertz CT molecular complexity index is 936. The van der Waals surface area contributed by atoms with Crippen LogP contribution in [-0.4, -0.2) is 22.5 Å². The third-order valence-corrected chi connectivity index (χ3v) is 5.04. The number of amides is 1. The van der Waals surface area contributed by atoms with Gasteiger partial charge in [-0.1, -0.05) is 42.1 Å². The number of carbonyl (C=O) groups is 1. The lowest BCUT2D eigenvalue weighted by atomic mass is 10.1. The number of rotatable bonds is 9. The molecule has 7 nitrogen and oxygen atoms in total. The van der Waals surface area contributed by atoms with Crippen molar-refractivity contribution in [3.05, 3.63) is 62.1 Å². The van der Waals surface area contributed by atoms with Gasteiger partial charge in [0.1, 0.15) is 5.75 Å². The highest BCUT2D eigenvalue weighted by molar-refractivity contribution is 9.10. The van der Waals surface area contributed by atoms with Crippen molar-refractivity contribution >= 4 is 50.5 Å². The largest absolute Gasteiger partial charge is 0.493 e. The number of non-ortho nitro benzene ring substituents is 1. The van der Waals surface area contributed by atoms with Crippen molar-refractivity contribution in [1.82, 2.24) is 5.32 Å². The highest BCUT2D eigenvalue weighted by Crippen LogP contribution is 2.24. The maximum atomic E-state index is 12.8. The Morgan fingerprint density at radius 2 is 1.97 bits per heavy atom. The molecule has 0 aliphatic heterocycles. The predicted octanol–water partition coefficient (Wildman–Crippen LogP) is 5.75. The van der Waals surface area contributed by atoms with E-state index in [0.717, 1.165) is 30.2 Å². The minimum absolute atomic E-state index is 0.0112. The van der Waals surface area contributed by atoms with E-state index in [1.165, 1.54) is 12.1 Å². The summed E-state index contributed by atoms with van der Waals surface area (Å²) < 4.78 is 6.55. The molecule has 0 unspecified atom stereocenters. The zero-order valence-electron chi connectivity index (χ0n) is 16.9. The SMILES string of the molecule is CCCCCCOc1ccc(Br)cc1C(=O)NC(=S)Nc1ccc([N+](=O)[O-])cc1C. The fourth-order valence-corrected chi connectivity index (χ4v) is 3.31. The molecule has 0 bridgehead atoms. The molecule has 0 spiro atoms. The standard InChI is InChI=1S/C21H24BrN3O4S/c1-3-4-5-6-11-29-19-10-7-15(22)13-17(19)20(26)24-21(30)23-18-9-8-16(25(27)28)12-14(18)2/h7-10,12-13H,3-6,11H2,1-2H3,(H2,23,24,26,30). The quantitative estimate of drug-likeness (QED) is 0.200. The molecule has 2 N–H and O–H groups in total. The smallest absolute Gasteiger partial charge is 0.269 e. The molecule has 160 valence electrons. The van der Waals surface area contributed by atoms with E-state index in [0.29, 0.717) is 29.2 Å². The molecular weight excluding hydrogens is 470 g/mol. The molecule has 0 aromatic heterocycles. The molecule has 0 aliphatic rings. The average molecular weight is 494 g/mol. The minimum atomic E-state index is -0.464. The predicted molar refractivity (Wildman–Crippen MR) is 125 cm³/mol. The molecule has 0 saturated carbocycles. The number of thiocarbonyl (C=S) groups is 1. The lowest BCUT2D eigenvalue weighted by molar-refractivity contribution is -0.384. The first-order valence-corrected chi connectivity index (χ1v) is 10.8. The summed E-state index contributed by atoms with van der Waals surface area (Å²) in [6, 6.07) is 9.60. The molecule has 2 aromatic carbocycles. The highest BCUT2D eigenvalue weighted by Gasteiger charge is 2.16. The monoisotopic (exact) mass is 493 g/mol. The molecule has 0 saturated heterocycles. The van der Waals surface area contributed by atoms with Gasteiger partial charge in [0.05, 0.1) is 17.1 Å². The normalized spacial score (nSPS) is 10.4. The number of benzene rings is 2. The van der Waals surface area contributed by atoms with Crippen molar-refractivity contribution in [2.24, 2.45) is 0 Å². The van der Waals surface area contributed by atoms with E-state index in [2.05, 4.69) is 33.5 Å². The first-order valence-electron chi connectivity index (χ1n) is 9.61. The van der Waals surface area contributed by atoms with Crippen molar-refractivity contribution in [1.29, 1.82) is 0 Å². The Kier molecular flexibility index (Phi) is 9.19. The second-order valence-electron chi connectivity index (χ2n) is 6.71. The van der Waals surface area contributed by atoms with E-state index in [9.17, 15) is 14.9 Å². The number of nitrogens with zero attached hydrogens (tertiary/aromatic N) is 1. The van der Waals surface area contributed by atoms with Gasteiger partial charge in [0.15, 0.2) is 5.11 Å². The van der Waals surface area contributed by atoms with Gasteiger partial charge in [-0.05, 0) is 55.4 Å². The summed E-state index contributed by atoms with van der Waals surface area (Å²) >= 11 is 8.61. The van der Waals surface area contributed by atoms with Crippen LogP contribution in [-0.2, 0) is 0 Å². The van der Waals surface area contributed by atoms with Crippen LogP contribution < -0.4 is 15.4 Å². The number of ether oxygens (including phenoxy) is 1. The van der Waals surface area contributed by atoms with E-state index in [1.807, 2.05) is 6.07 Å². The van der Waals surface area contributed by atoms with Gasteiger partial charge in [-0.3, -0.25) is 20.2 Å². The summed E-state index contributed by atoms with van der Waals surface area (Å²) in [5.74, 6) is 0.0819. The summed E-state index contributed by atoms with van der Waals surface area (Å²) in [6.45, 7) is 4.40. The van der Waals surface area contributed by atoms with Crippen LogP contribution in [0.5, 0.6) is 5.75 Å². The molecular formula is C21H24BrN3O4S. The average Bonchev–Trinajstić information content (AvgIpc) is 2.70. The van der Waals surface area contributed by atoms with Crippen LogP contribution in [0.3, 0.4) is 0 Å². The maximum Gasteiger partial charge on any atom is 0.269 e. The van der Waals surface area contributed by atoms with Gasteiger partial charge >= 0.3 is 0 Å². The van der Waals surface area contributed by atoms with E-state index >= 15 is 0 Å². The number of nitro benzene ring substituents is 1. The van der Waals surface area contributed by atoms with Gasteiger partial charge in [-0.25, -0.2) is 0 Å². The minimum Gasteiger partial charge on any atom is -0.493 e. The molecule has 0 fully saturated rings. The number of halogens is 1. The zero-order chi connectivity index (χ0) is 22.1. The third kappa shape index (κ3) is 7.07. The Balaban J connectivity index is 2.03.